The molecule has 0 aromatic carbocycles. The van der Waals surface area contributed by atoms with E-state index in [9.17, 15) is 9.59 Å². The molecule has 0 spiro atoms. The second kappa shape index (κ2) is 13.8. The van der Waals surface area contributed by atoms with Crippen molar-refractivity contribution in [2.45, 2.75) is 58.3 Å². The van der Waals surface area contributed by atoms with E-state index in [1.165, 1.54) is 29.1 Å². The highest BCUT2D eigenvalue weighted by Crippen LogP contribution is 2.37. The van der Waals surface area contributed by atoms with Gasteiger partial charge in [-0.05, 0) is 62.0 Å². The molecule has 6 N–H and O–H groups in total. The number of hydrogen-bond acceptors (Lipinski definition) is 12. The van der Waals surface area contributed by atoms with Crippen LogP contribution >= 0.6 is 22.7 Å². The summed E-state index contributed by atoms with van der Waals surface area (Å²) in [6.07, 6.45) is 9.46. The molecule has 256 valence electrons. The van der Waals surface area contributed by atoms with Gasteiger partial charge in [-0.1, -0.05) is 6.92 Å². The fraction of sp³-hybridized carbons (Fsp3) is 0.576. The fourth-order valence-corrected chi connectivity index (χ4v) is 9.34. The topological polar surface area (TPSA) is 180 Å². The molecule has 0 unspecified atom stereocenters. The molecule has 4 aromatic heterocycles. The van der Waals surface area contributed by atoms with Crippen molar-refractivity contribution in [2.24, 2.45) is 34.5 Å². The Morgan fingerprint density at radius 1 is 0.917 bits per heavy atom. The lowest BCUT2D eigenvalue weighted by Gasteiger charge is -2.42. The quantitative estimate of drug-likeness (QED) is 0.209. The minimum atomic E-state index is -0.451. The van der Waals surface area contributed by atoms with Crippen molar-refractivity contribution in [3.8, 4) is 0 Å². The molecule has 0 atom stereocenters. The summed E-state index contributed by atoms with van der Waals surface area (Å²) < 4.78 is 16.8. The first-order valence-electron chi connectivity index (χ1n) is 16.8. The molecular weight excluding hydrogens is 651 g/mol. The molecule has 0 radical (unpaired) electrons. The number of primary amides is 2. The summed E-state index contributed by atoms with van der Waals surface area (Å²) in [5.41, 5.74) is 18.4. The van der Waals surface area contributed by atoms with Gasteiger partial charge in [0.05, 0.1) is 38.6 Å². The van der Waals surface area contributed by atoms with E-state index in [1.807, 2.05) is 12.4 Å². The van der Waals surface area contributed by atoms with Crippen LogP contribution in [0.5, 0.6) is 0 Å². The molecule has 13 nitrogen and oxygen atoms in total. The number of hydrogen-bond donors (Lipinski definition) is 3. The highest BCUT2D eigenvalue weighted by atomic mass is 32.1. The number of carbonyl (C=O) groups is 2. The Labute approximate surface area is 287 Å². The zero-order valence-electron chi connectivity index (χ0n) is 27.3. The smallest absolute Gasteiger partial charge is 0.289 e. The van der Waals surface area contributed by atoms with Crippen molar-refractivity contribution in [2.75, 3.05) is 55.7 Å². The molecular formula is C33H44N9O4S2+. The molecule has 15 heteroatoms. The van der Waals surface area contributed by atoms with Gasteiger partial charge in [0.1, 0.15) is 23.4 Å². The first kappa shape index (κ1) is 33.0. The number of amides is 2. The third-order valence-electron chi connectivity index (χ3n) is 10.0. The third kappa shape index (κ3) is 6.70. The normalized spacial score (nSPS) is 22.9. The van der Waals surface area contributed by atoms with Gasteiger partial charge < -0.3 is 36.5 Å². The number of anilines is 2. The number of fused-ring (bicyclic) bond motifs is 2. The molecule has 0 aliphatic carbocycles. The lowest BCUT2D eigenvalue weighted by Crippen LogP contribution is -2.52. The van der Waals surface area contributed by atoms with E-state index in [0.717, 1.165) is 96.9 Å². The van der Waals surface area contributed by atoms with E-state index in [4.69, 9.17) is 31.7 Å². The van der Waals surface area contributed by atoms with Crippen molar-refractivity contribution < 1.29 is 23.6 Å². The van der Waals surface area contributed by atoms with Crippen LogP contribution in [0.1, 0.15) is 64.8 Å². The van der Waals surface area contributed by atoms with Crippen LogP contribution < -0.4 is 31.6 Å². The molecule has 3 aliphatic heterocycles. The summed E-state index contributed by atoms with van der Waals surface area (Å²) in [6, 6.07) is 3.64. The minimum absolute atomic E-state index is 0.266. The number of nitrogens with two attached hydrogens (primary N) is 3. The molecule has 0 saturated carbocycles. The van der Waals surface area contributed by atoms with Crippen LogP contribution in [-0.2, 0) is 16.0 Å². The van der Waals surface area contributed by atoms with Crippen molar-refractivity contribution in [3.63, 3.8) is 0 Å². The van der Waals surface area contributed by atoms with Gasteiger partial charge in [0.2, 0.25) is 0 Å². The maximum atomic E-state index is 12.2. The monoisotopic (exact) mass is 694 g/mol. The Morgan fingerprint density at radius 3 is 2.21 bits per heavy atom. The summed E-state index contributed by atoms with van der Waals surface area (Å²) in [7, 11) is 0. The van der Waals surface area contributed by atoms with Crippen molar-refractivity contribution in [3.05, 3.63) is 34.5 Å². The Hall–Kier alpha value is -3.50. The van der Waals surface area contributed by atoms with Crippen molar-refractivity contribution >= 4 is 66.6 Å². The molecule has 3 aliphatic rings. The Kier molecular flexibility index (Phi) is 9.48. The van der Waals surface area contributed by atoms with E-state index >= 15 is 0 Å². The Morgan fingerprint density at radius 2 is 1.54 bits per heavy atom. The lowest BCUT2D eigenvalue weighted by atomic mass is 9.90. The van der Waals surface area contributed by atoms with Crippen LogP contribution in [-0.4, -0.2) is 79.0 Å². The van der Waals surface area contributed by atoms with Crippen LogP contribution in [0.3, 0.4) is 0 Å². The van der Waals surface area contributed by atoms with Gasteiger partial charge in [-0.25, -0.2) is 14.5 Å². The van der Waals surface area contributed by atoms with E-state index in [-0.39, 0.29) is 17.6 Å². The summed E-state index contributed by atoms with van der Waals surface area (Å²) in [6.45, 7) is 8.15. The molecule has 48 heavy (non-hydrogen) atoms. The first-order valence-corrected chi connectivity index (χ1v) is 18.4. The maximum Gasteiger partial charge on any atom is 0.289 e. The van der Waals surface area contributed by atoms with Crippen LogP contribution in [0.15, 0.2) is 24.8 Å². The number of carbonyl (C=O) groups excluding carboxylic acids is 2. The van der Waals surface area contributed by atoms with Crippen LogP contribution in [0.2, 0.25) is 0 Å². The van der Waals surface area contributed by atoms with E-state index < -0.39 is 11.8 Å². The number of piperidine rings is 2. The SMILES string of the molecule is CC1(C[n+]2cnc(N3CCC(CCCN)CC3)c3sc(C(N)=O)cc32)COC(C2CCN(c3ncnc4cc(C(N)=O)sc34)CC2)OC1. The van der Waals surface area contributed by atoms with Gasteiger partial charge in [0, 0.05) is 38.2 Å². The molecule has 7 rings (SSSR count). The molecule has 3 saturated heterocycles. The van der Waals surface area contributed by atoms with Gasteiger partial charge in [0.25, 0.3) is 24.0 Å². The standard InChI is InChI=1S/C33H43N9O4S2/c1-33(15-42-19-39-31(27-23(42)14-25(48-27)29(36)44)40-9-4-20(5-10-40)3-2-8-34)16-45-32(46-17-33)21-6-11-41(12-7-21)30-26-22(37-18-38-30)13-24(47-26)28(35)43/h13-14,18-21,32H,2-12,15-17,34H2,1H3,(H3-,35,36,43,44)/p+1. The molecule has 0 bridgehead atoms. The predicted octanol–water partition coefficient (Wildman–Crippen LogP) is 3.04. The van der Waals surface area contributed by atoms with Gasteiger partial charge in [-0.15, -0.1) is 22.7 Å². The maximum absolute atomic E-state index is 12.2. The predicted molar refractivity (Wildman–Crippen MR) is 186 cm³/mol. The van der Waals surface area contributed by atoms with Gasteiger partial charge in [0.15, 0.2) is 11.8 Å². The Balaban J connectivity index is 0.990. The molecule has 4 aromatic rings. The van der Waals surface area contributed by atoms with Crippen molar-refractivity contribution in [1.82, 2.24) is 15.0 Å². The fourth-order valence-electron chi connectivity index (χ4n) is 7.32. The van der Waals surface area contributed by atoms with Crippen molar-refractivity contribution in [1.29, 1.82) is 0 Å². The summed E-state index contributed by atoms with van der Waals surface area (Å²) in [4.78, 5) is 43.4. The molecule has 3 fully saturated rings. The van der Waals surface area contributed by atoms with Gasteiger partial charge in [-0.3, -0.25) is 9.59 Å². The van der Waals surface area contributed by atoms with Gasteiger partial charge in [-0.2, -0.15) is 0 Å². The summed E-state index contributed by atoms with van der Waals surface area (Å²) in [5, 5.41) is 0. The number of aromatic nitrogens is 4. The number of thiophene rings is 2. The highest BCUT2D eigenvalue weighted by Gasteiger charge is 2.40. The van der Waals surface area contributed by atoms with Crippen LogP contribution in [0.25, 0.3) is 20.4 Å². The summed E-state index contributed by atoms with van der Waals surface area (Å²) in [5.74, 6) is 1.87. The number of rotatable bonds is 10. The largest absolute Gasteiger partial charge is 0.365 e. The van der Waals surface area contributed by atoms with Crippen LogP contribution in [0, 0.1) is 17.3 Å². The average Bonchev–Trinajstić information content (AvgIpc) is 3.75. The van der Waals surface area contributed by atoms with E-state index in [1.54, 1.807) is 12.4 Å². The van der Waals surface area contributed by atoms with E-state index in [2.05, 4.69) is 31.3 Å². The number of ether oxygens (including phenoxy) is 2. The van der Waals surface area contributed by atoms with Gasteiger partial charge >= 0.3 is 0 Å². The third-order valence-corrected chi connectivity index (χ3v) is 12.3. The lowest BCUT2D eigenvalue weighted by molar-refractivity contribution is -0.689. The zero-order chi connectivity index (χ0) is 33.4. The second-order valence-corrected chi connectivity index (χ2v) is 15.9. The first-order chi connectivity index (χ1) is 23.2. The highest BCUT2D eigenvalue weighted by molar-refractivity contribution is 7.21. The number of nitrogens with zero attached hydrogens (tertiary/aromatic N) is 6. The molecule has 7 heterocycles. The Bertz CT molecular complexity index is 1790. The van der Waals surface area contributed by atoms with Crippen LogP contribution in [0.4, 0.5) is 11.6 Å². The average molecular weight is 695 g/mol. The zero-order valence-corrected chi connectivity index (χ0v) is 28.9. The summed E-state index contributed by atoms with van der Waals surface area (Å²) >= 11 is 2.77. The molecule has 2 amide bonds. The second-order valence-electron chi connectivity index (χ2n) is 13.8. The van der Waals surface area contributed by atoms with E-state index in [0.29, 0.717) is 35.4 Å². The minimum Gasteiger partial charge on any atom is -0.365 e.